The molecule has 5 aliphatic rings. The second-order valence-electron chi connectivity index (χ2n) is 19.4. The van der Waals surface area contributed by atoms with Crippen molar-refractivity contribution in [3.05, 3.63) is 82.4 Å². The van der Waals surface area contributed by atoms with E-state index in [4.69, 9.17) is 21.3 Å². The van der Waals surface area contributed by atoms with E-state index in [1.54, 1.807) is 4.90 Å². The summed E-state index contributed by atoms with van der Waals surface area (Å²) in [6.07, 6.45) is 16.9. The fraction of sp³-hybridized carbons (Fsp3) is 0.565. The Labute approximate surface area is 353 Å². The van der Waals surface area contributed by atoms with Crippen LogP contribution in [0.25, 0.3) is 15.8 Å². The van der Waals surface area contributed by atoms with Crippen LogP contribution in [0.2, 0.25) is 0 Å². The number of aliphatic hydroxyl groups is 1. The molecule has 2 unspecified atom stereocenters. The molecule has 3 aromatic rings. The fourth-order valence-corrected chi connectivity index (χ4v) is 13.1. The number of aromatic nitrogens is 3. The zero-order valence-corrected chi connectivity index (χ0v) is 36.8. The van der Waals surface area contributed by atoms with Crippen molar-refractivity contribution in [3.8, 4) is 0 Å². The number of nitrogens with zero attached hydrogens (tertiary/aromatic N) is 5. The molecule has 5 heterocycles. The van der Waals surface area contributed by atoms with Crippen molar-refractivity contribution in [1.82, 2.24) is 25.0 Å². The average Bonchev–Trinajstić information content (AvgIpc) is 3.93. The molecule has 0 radical (unpaired) electrons. The van der Waals surface area contributed by atoms with Gasteiger partial charge in [0.15, 0.2) is 0 Å². The number of aliphatic imine (C=N–C) groups is 1. The van der Waals surface area contributed by atoms with Crippen LogP contribution >= 0.6 is 11.3 Å². The highest BCUT2D eigenvalue weighted by atomic mass is 32.1. The van der Waals surface area contributed by atoms with E-state index in [1.807, 2.05) is 54.4 Å². The van der Waals surface area contributed by atoms with Crippen LogP contribution in [0.5, 0.6) is 0 Å². The Kier molecular flexibility index (Phi) is 11.1. The number of quaternary nitrogens is 1. The Morgan fingerprint density at radius 2 is 1.78 bits per heavy atom. The first kappa shape index (κ1) is 41.3. The minimum Gasteiger partial charge on any atom is -0.493 e. The van der Waals surface area contributed by atoms with Crippen LogP contribution in [-0.2, 0) is 11.3 Å². The third kappa shape index (κ3) is 8.35. The SMILES string of the molecule is CCC1(Cn2ncc(C3=CC=C(N4CCC/C(=C(C)/C(N)=N/c5nc6ccccc6s5)C4=N)N/C3=C(\N)O)c2C)CC2(C)CC(C)(C1)CC(C)(OCC[NH+]1CCCC1)C2. The zero-order valence-electron chi connectivity index (χ0n) is 36.0. The Balaban J connectivity index is 0.995. The van der Waals surface area contributed by atoms with Gasteiger partial charge in [0, 0.05) is 48.3 Å². The zero-order chi connectivity index (χ0) is 41.7. The van der Waals surface area contributed by atoms with Crippen LogP contribution in [0.15, 0.2) is 76.2 Å². The predicted octanol–water partition coefficient (Wildman–Crippen LogP) is 7.23. The molecule has 2 aromatic heterocycles. The van der Waals surface area contributed by atoms with Crippen molar-refractivity contribution in [2.75, 3.05) is 32.8 Å². The van der Waals surface area contributed by atoms with Crippen molar-refractivity contribution >= 4 is 43.9 Å². The van der Waals surface area contributed by atoms with E-state index in [1.165, 1.54) is 43.7 Å². The number of hydrogen-bond acceptors (Lipinski definition) is 9. The standard InChI is InChI=1S/C46H64N10O2S/c1-7-46(27-43(4)24-44(5,28-46)26-45(6,25-43)58-22-21-54-18-10-11-19-54)29-56-31(3)34(23-50-56)33-16-17-37(52-38(33)41(49)57)55-20-12-13-32(40(55)48)30(2)39(47)53-42-51-35-14-8-9-15-36(35)59-42/h8-9,14-17,23,48,52,57H,7,10-13,18-22,24-29,49H2,1-6H3,(H2,47,51,53)/p+1/b32-30-,41-38+,48-40?. The molecule has 3 aliphatic heterocycles. The maximum absolute atomic E-state index is 10.9. The fourth-order valence-electron chi connectivity index (χ4n) is 12.2. The molecule has 1 aromatic carbocycles. The third-order valence-electron chi connectivity index (χ3n) is 14.1. The Morgan fingerprint density at radius 3 is 2.47 bits per heavy atom. The maximum atomic E-state index is 10.9. The minimum atomic E-state index is -0.310. The van der Waals surface area contributed by atoms with Crippen LogP contribution in [-0.4, -0.2) is 74.8 Å². The highest BCUT2D eigenvalue weighted by molar-refractivity contribution is 7.22. The molecule has 316 valence electrons. The van der Waals surface area contributed by atoms with Gasteiger partial charge in [-0.05, 0) is 118 Å². The van der Waals surface area contributed by atoms with Crippen molar-refractivity contribution in [3.63, 3.8) is 0 Å². The number of aliphatic hydroxyl groups excluding tert-OH is 1. The number of fused-ring (bicyclic) bond motifs is 3. The van der Waals surface area contributed by atoms with Crippen molar-refractivity contribution in [1.29, 1.82) is 5.41 Å². The van der Waals surface area contributed by atoms with E-state index in [0.29, 0.717) is 41.3 Å². The average molecular weight is 822 g/mol. The first-order valence-corrected chi connectivity index (χ1v) is 22.6. The number of piperidine rings is 1. The number of thiazole rings is 1. The van der Waals surface area contributed by atoms with Gasteiger partial charge in [-0.2, -0.15) is 5.10 Å². The maximum Gasteiger partial charge on any atom is 0.212 e. The van der Waals surface area contributed by atoms with Crippen LogP contribution in [0.4, 0.5) is 5.13 Å². The molecule has 2 saturated heterocycles. The lowest BCUT2D eigenvalue weighted by Crippen LogP contribution is -3.10. The number of rotatable bonds is 11. The molecule has 59 heavy (non-hydrogen) atoms. The van der Waals surface area contributed by atoms with Crippen molar-refractivity contribution < 1.29 is 14.7 Å². The number of dihydropyridines is 1. The summed E-state index contributed by atoms with van der Waals surface area (Å²) in [5, 5.41) is 29.2. The monoisotopic (exact) mass is 822 g/mol. The number of likely N-dealkylation sites (tertiary alicyclic amines) is 2. The van der Waals surface area contributed by atoms with Gasteiger partial charge in [0.1, 0.15) is 29.7 Å². The summed E-state index contributed by atoms with van der Waals surface area (Å²) in [5.74, 6) is 1.05. The number of allylic oxidation sites excluding steroid dienone is 3. The van der Waals surface area contributed by atoms with E-state index < -0.39 is 0 Å². The number of benzene rings is 1. The lowest BCUT2D eigenvalue weighted by molar-refractivity contribution is -0.888. The van der Waals surface area contributed by atoms with Gasteiger partial charge in [-0.15, -0.1) is 0 Å². The van der Waals surface area contributed by atoms with Crippen molar-refractivity contribution in [2.24, 2.45) is 32.7 Å². The summed E-state index contributed by atoms with van der Waals surface area (Å²) < 4.78 is 10.1. The van der Waals surface area contributed by atoms with Gasteiger partial charge < -0.3 is 36.4 Å². The first-order chi connectivity index (χ1) is 28.1. The van der Waals surface area contributed by atoms with Crippen LogP contribution in [0.1, 0.15) is 110 Å². The minimum absolute atomic E-state index is 0.0851. The van der Waals surface area contributed by atoms with Crippen LogP contribution in [0.3, 0.4) is 0 Å². The molecule has 2 saturated carbocycles. The summed E-state index contributed by atoms with van der Waals surface area (Å²) in [4.78, 5) is 12.9. The smallest absolute Gasteiger partial charge is 0.212 e. The summed E-state index contributed by atoms with van der Waals surface area (Å²) in [7, 11) is 0. The van der Waals surface area contributed by atoms with E-state index in [9.17, 15) is 10.5 Å². The summed E-state index contributed by atoms with van der Waals surface area (Å²) >= 11 is 1.49. The number of ether oxygens (including phenoxy) is 1. The molecule has 0 spiro atoms. The van der Waals surface area contributed by atoms with Gasteiger partial charge in [-0.25, -0.2) is 9.98 Å². The summed E-state index contributed by atoms with van der Waals surface area (Å²) in [5.41, 5.74) is 18.8. The van der Waals surface area contributed by atoms with E-state index >= 15 is 0 Å². The lowest BCUT2D eigenvalue weighted by atomic mass is 9.46. The predicted molar refractivity (Wildman–Crippen MR) is 238 cm³/mol. The van der Waals surface area contributed by atoms with Gasteiger partial charge in [-0.3, -0.25) is 10.1 Å². The van der Waals surface area contributed by atoms with Crippen LogP contribution in [0, 0.1) is 28.6 Å². The van der Waals surface area contributed by atoms with Gasteiger partial charge in [0.2, 0.25) is 11.0 Å². The van der Waals surface area contributed by atoms with E-state index in [0.717, 1.165) is 96.4 Å². The number of amidine groups is 2. The van der Waals surface area contributed by atoms with Crippen molar-refractivity contribution in [2.45, 2.75) is 118 Å². The normalized spacial score (nSPS) is 31.0. The van der Waals surface area contributed by atoms with Gasteiger partial charge in [0.05, 0.1) is 41.7 Å². The Bertz CT molecular complexity index is 2220. The van der Waals surface area contributed by atoms with Gasteiger partial charge in [-0.1, -0.05) is 44.2 Å². The molecule has 12 nitrogen and oxygen atoms in total. The molecule has 8 N–H and O–H groups in total. The Morgan fingerprint density at radius 1 is 1.05 bits per heavy atom. The third-order valence-corrected chi connectivity index (χ3v) is 15.0. The van der Waals surface area contributed by atoms with Crippen LogP contribution < -0.4 is 21.7 Å². The number of hydrogen-bond donors (Lipinski definition) is 6. The molecular weight excluding hydrogens is 757 g/mol. The molecule has 13 heteroatoms. The molecular formula is C46H65N10O2S+. The highest BCUT2D eigenvalue weighted by Crippen LogP contribution is 2.65. The summed E-state index contributed by atoms with van der Waals surface area (Å²) in [6, 6.07) is 7.93. The molecule has 4 fully saturated rings. The second-order valence-corrected chi connectivity index (χ2v) is 20.4. The summed E-state index contributed by atoms with van der Waals surface area (Å²) in [6.45, 7) is 19.9. The largest absolute Gasteiger partial charge is 0.493 e. The second kappa shape index (κ2) is 15.9. The first-order valence-electron chi connectivity index (χ1n) is 21.7. The molecule has 2 aliphatic carbocycles. The van der Waals surface area contributed by atoms with E-state index in [2.05, 4.69) is 54.6 Å². The van der Waals surface area contributed by atoms with Gasteiger partial charge in [0.25, 0.3) is 0 Å². The Hall–Kier alpha value is -4.46. The molecule has 8 rings (SSSR count). The van der Waals surface area contributed by atoms with Gasteiger partial charge >= 0.3 is 0 Å². The number of para-hydroxylation sites is 1. The van der Waals surface area contributed by atoms with E-state index in [-0.39, 0.29) is 27.7 Å². The number of nitrogens with one attached hydrogen (secondary N) is 3. The number of nitrogens with two attached hydrogens (primary N) is 2. The molecule has 0 amide bonds. The topological polar surface area (TPSA) is 168 Å². The highest BCUT2D eigenvalue weighted by Gasteiger charge is 2.58. The lowest BCUT2D eigenvalue weighted by Gasteiger charge is -2.61. The molecule has 2 atom stereocenters. The molecule has 2 bridgehead atoms. The quantitative estimate of drug-likeness (QED) is 0.0669.